The van der Waals surface area contributed by atoms with E-state index >= 15 is 0 Å². The van der Waals surface area contributed by atoms with Crippen LogP contribution in [0, 0.1) is 5.41 Å². The van der Waals surface area contributed by atoms with Crippen molar-refractivity contribution in [2.24, 2.45) is 0 Å². The van der Waals surface area contributed by atoms with Crippen LogP contribution < -0.4 is 0 Å². The van der Waals surface area contributed by atoms with Gasteiger partial charge in [-0.2, -0.15) is 0 Å². The van der Waals surface area contributed by atoms with Crippen molar-refractivity contribution in [2.45, 2.75) is 17.9 Å². The highest BCUT2D eigenvalue weighted by molar-refractivity contribution is 8.17. The number of hydrogen-bond acceptors (Lipinski definition) is 4. The second kappa shape index (κ2) is 7.19. The minimum atomic E-state index is 0.750. The molecule has 0 aliphatic carbocycles. The Labute approximate surface area is 69.7 Å². The Kier molecular flexibility index (Phi) is 7.25. The van der Waals surface area contributed by atoms with Gasteiger partial charge in [-0.25, -0.2) is 10.2 Å². The second-order valence-corrected chi connectivity index (χ2v) is 4.96. The van der Waals surface area contributed by atoms with Gasteiger partial charge < -0.3 is 0 Å². The Morgan fingerprint density at radius 1 is 1.50 bits per heavy atom. The van der Waals surface area contributed by atoms with Gasteiger partial charge in [-0.15, -0.1) is 23.5 Å². The van der Waals surface area contributed by atoms with Gasteiger partial charge >= 0.3 is 0 Å². The first kappa shape index (κ1) is 10.1. The molecule has 10 heavy (non-hydrogen) atoms. The Balaban J connectivity index is 0.000000236. The first-order valence-electron chi connectivity index (χ1n) is 3.08. The lowest BCUT2D eigenvalue weighted by Gasteiger charge is -2.15. The van der Waals surface area contributed by atoms with E-state index in [2.05, 4.69) is 30.4 Å². The smallest absolute Gasteiger partial charge is 0.222 e. The average molecular weight is 177 g/mol. The molecular formula is C6H11NOS2. The number of nitrogens with one attached hydrogen (secondary N) is 1. The van der Waals surface area contributed by atoms with E-state index in [1.807, 2.05) is 0 Å². The fraction of sp³-hybridized carbons (Fsp3) is 0.833. The summed E-state index contributed by atoms with van der Waals surface area (Å²) in [6.45, 7) is 2.29. The van der Waals surface area contributed by atoms with Crippen molar-refractivity contribution in [3.05, 3.63) is 0 Å². The average Bonchev–Trinajstić information content (AvgIpc) is 1.91. The Bertz CT molecular complexity index is 106. The maximum atomic E-state index is 8.35. The summed E-state index contributed by atoms with van der Waals surface area (Å²) in [4.78, 5) is 8.35. The normalized spacial score (nSPS) is 18.5. The molecule has 1 saturated heterocycles. The van der Waals surface area contributed by atoms with E-state index in [0.29, 0.717) is 0 Å². The van der Waals surface area contributed by atoms with Crippen molar-refractivity contribution >= 4 is 29.6 Å². The third kappa shape index (κ3) is 6.20. The third-order valence-electron chi connectivity index (χ3n) is 0.994. The number of rotatable bonds is 0. The number of carbonyl (C=O) groups excluding carboxylic acids is 1. The van der Waals surface area contributed by atoms with Crippen molar-refractivity contribution in [3.8, 4) is 0 Å². The van der Waals surface area contributed by atoms with Gasteiger partial charge in [-0.05, 0) is 24.9 Å². The molecule has 0 amide bonds. The largest absolute Gasteiger partial charge is 0.231 e. The molecule has 2 nitrogen and oxygen atoms in total. The van der Waals surface area contributed by atoms with Crippen molar-refractivity contribution < 1.29 is 4.79 Å². The minimum Gasteiger partial charge on any atom is -0.222 e. The fourth-order valence-electron chi connectivity index (χ4n) is 0.606. The highest BCUT2D eigenvalue weighted by Crippen LogP contribution is 2.29. The van der Waals surface area contributed by atoms with E-state index in [1.54, 1.807) is 0 Å². The van der Waals surface area contributed by atoms with Crippen LogP contribution in [0.15, 0.2) is 0 Å². The van der Waals surface area contributed by atoms with Crippen LogP contribution in [0.1, 0.15) is 13.3 Å². The number of thioether (sulfide) groups is 2. The van der Waals surface area contributed by atoms with E-state index in [0.717, 1.165) is 10.7 Å². The van der Waals surface area contributed by atoms with Crippen LogP contribution in [-0.2, 0) is 4.79 Å². The summed E-state index contributed by atoms with van der Waals surface area (Å²) < 4.78 is 0.869. The molecule has 1 fully saturated rings. The van der Waals surface area contributed by atoms with Crippen LogP contribution in [-0.4, -0.2) is 22.2 Å². The zero-order valence-corrected chi connectivity index (χ0v) is 7.56. The van der Waals surface area contributed by atoms with Gasteiger partial charge in [-0.3, -0.25) is 0 Å². The third-order valence-corrected chi connectivity index (χ3v) is 3.80. The Morgan fingerprint density at radius 3 is 2.10 bits per heavy atom. The summed E-state index contributed by atoms with van der Waals surface area (Å²) in [7, 11) is 0. The van der Waals surface area contributed by atoms with Gasteiger partial charge in [0.25, 0.3) is 0 Å². The van der Waals surface area contributed by atoms with Crippen LogP contribution >= 0.6 is 23.5 Å². The zero-order valence-electron chi connectivity index (χ0n) is 5.92. The molecule has 0 unspecified atom stereocenters. The predicted molar refractivity (Wildman–Crippen MR) is 47.4 cm³/mol. The SMILES string of the molecule is CC1SCCCS1.N=C=O. The van der Waals surface area contributed by atoms with Crippen molar-refractivity contribution in [2.75, 3.05) is 11.5 Å². The minimum absolute atomic E-state index is 0.750. The molecule has 1 heterocycles. The molecule has 0 spiro atoms. The van der Waals surface area contributed by atoms with Gasteiger partial charge in [0.15, 0.2) is 0 Å². The topological polar surface area (TPSA) is 40.9 Å². The molecule has 1 N–H and O–H groups in total. The zero-order chi connectivity index (χ0) is 7.82. The van der Waals surface area contributed by atoms with Crippen LogP contribution in [0.2, 0.25) is 0 Å². The van der Waals surface area contributed by atoms with Gasteiger partial charge in [0.05, 0.1) is 0 Å². The van der Waals surface area contributed by atoms with E-state index < -0.39 is 0 Å². The first-order valence-corrected chi connectivity index (χ1v) is 5.18. The molecule has 1 rings (SSSR count). The number of isocyanates is 1. The van der Waals surface area contributed by atoms with Gasteiger partial charge in [0.2, 0.25) is 6.08 Å². The quantitative estimate of drug-likeness (QED) is 0.455. The maximum absolute atomic E-state index is 8.35. The monoisotopic (exact) mass is 177 g/mol. The van der Waals surface area contributed by atoms with Crippen LogP contribution in [0.5, 0.6) is 0 Å². The van der Waals surface area contributed by atoms with Crippen molar-refractivity contribution in [3.63, 3.8) is 0 Å². The molecule has 1 aliphatic rings. The second-order valence-electron chi connectivity index (χ2n) is 1.76. The highest BCUT2D eigenvalue weighted by atomic mass is 32.2. The predicted octanol–water partition coefficient (Wildman–Crippen LogP) is 2.10. The molecule has 4 heteroatoms. The summed E-state index contributed by atoms with van der Waals surface area (Å²) in [5, 5.41) is 5.40. The highest BCUT2D eigenvalue weighted by Gasteiger charge is 2.06. The molecule has 58 valence electrons. The summed E-state index contributed by atoms with van der Waals surface area (Å²) in [6, 6.07) is 0. The van der Waals surface area contributed by atoms with E-state index in [-0.39, 0.29) is 0 Å². The van der Waals surface area contributed by atoms with E-state index in [1.165, 1.54) is 17.9 Å². The summed E-state index contributed by atoms with van der Waals surface area (Å²) in [5.74, 6) is 2.77. The summed E-state index contributed by atoms with van der Waals surface area (Å²) in [6.07, 6.45) is 2.17. The van der Waals surface area contributed by atoms with Crippen LogP contribution in [0.25, 0.3) is 0 Å². The molecule has 0 aromatic rings. The van der Waals surface area contributed by atoms with Gasteiger partial charge in [0.1, 0.15) is 0 Å². The molecule has 0 aromatic carbocycles. The molecule has 1 aliphatic heterocycles. The molecule has 0 bridgehead atoms. The molecule has 0 saturated carbocycles. The standard InChI is InChI=1S/C5H10S2.CHNO/c1-5-6-3-2-4-7-5;2-1-3/h5H,2-4H2,1H3;2H. The van der Waals surface area contributed by atoms with Gasteiger partial charge in [0, 0.05) is 4.58 Å². The fourth-order valence-corrected chi connectivity index (χ4v) is 3.04. The summed E-state index contributed by atoms with van der Waals surface area (Å²) in [5.41, 5.74) is 0. The first-order chi connectivity index (χ1) is 4.81. The maximum Gasteiger partial charge on any atom is 0.231 e. The molecule has 0 atom stereocenters. The molecule has 0 radical (unpaired) electrons. The Morgan fingerprint density at radius 2 is 1.90 bits per heavy atom. The van der Waals surface area contributed by atoms with Gasteiger partial charge in [-0.1, -0.05) is 0 Å². The molecular weight excluding hydrogens is 166 g/mol. The lowest BCUT2D eigenvalue weighted by molar-refractivity contribution is 0.563. The van der Waals surface area contributed by atoms with Crippen LogP contribution in [0.3, 0.4) is 0 Å². The Hall–Kier alpha value is 0.0800. The van der Waals surface area contributed by atoms with Crippen molar-refractivity contribution in [1.82, 2.24) is 0 Å². The number of hydrogen-bond donors (Lipinski definition) is 1. The van der Waals surface area contributed by atoms with Crippen LogP contribution in [0.4, 0.5) is 0 Å². The lowest BCUT2D eigenvalue weighted by atomic mass is 10.6. The molecule has 0 aromatic heterocycles. The summed E-state index contributed by atoms with van der Waals surface area (Å²) >= 11 is 4.16. The van der Waals surface area contributed by atoms with Crippen molar-refractivity contribution in [1.29, 1.82) is 5.41 Å². The lowest BCUT2D eigenvalue weighted by Crippen LogP contribution is -2.00. The van der Waals surface area contributed by atoms with E-state index in [9.17, 15) is 0 Å². The van der Waals surface area contributed by atoms with E-state index in [4.69, 9.17) is 10.2 Å².